The second-order valence-electron chi connectivity index (χ2n) is 5.09. The average molecular weight is 288 g/mol. The van der Waals surface area contributed by atoms with Crippen LogP contribution < -0.4 is 16.2 Å². The third-order valence-corrected chi connectivity index (χ3v) is 3.42. The van der Waals surface area contributed by atoms with Crippen LogP contribution in [0.4, 0.5) is 0 Å². The molecule has 0 amide bonds. The number of ether oxygens (including phenoxy) is 1. The molecular weight excluding hydrogens is 268 g/mol. The zero-order chi connectivity index (χ0) is 15.1. The SMILES string of the molecule is NC(N)=NN=Cc1ccc(OC(=O)C2CCCCC2)cc1. The molecule has 1 aliphatic carbocycles. The van der Waals surface area contributed by atoms with E-state index >= 15 is 0 Å². The first kappa shape index (κ1) is 15.0. The second-order valence-corrected chi connectivity index (χ2v) is 5.09. The first-order valence-corrected chi connectivity index (χ1v) is 7.09. The molecular formula is C15H20N4O2. The standard InChI is InChI=1S/C15H20N4O2/c16-15(17)19-18-10-11-6-8-13(9-7-11)21-14(20)12-4-2-1-3-5-12/h6-10,12H,1-5H2,(H4,16,17,19). The molecule has 1 saturated carbocycles. The van der Waals surface area contributed by atoms with E-state index in [1.807, 2.05) is 0 Å². The Labute approximate surface area is 123 Å². The zero-order valence-electron chi connectivity index (χ0n) is 11.9. The van der Waals surface area contributed by atoms with Crippen LogP contribution in [0.1, 0.15) is 37.7 Å². The first-order chi connectivity index (χ1) is 10.1. The highest BCUT2D eigenvalue weighted by atomic mass is 16.5. The van der Waals surface area contributed by atoms with Gasteiger partial charge in [0.15, 0.2) is 0 Å². The van der Waals surface area contributed by atoms with E-state index in [-0.39, 0.29) is 17.8 Å². The van der Waals surface area contributed by atoms with Crippen molar-refractivity contribution in [3.63, 3.8) is 0 Å². The Bertz CT molecular complexity index is 527. The minimum atomic E-state index is -0.128. The molecule has 4 N–H and O–H groups in total. The van der Waals surface area contributed by atoms with E-state index in [2.05, 4.69) is 10.2 Å². The number of carbonyl (C=O) groups is 1. The number of hydrogen-bond acceptors (Lipinski definition) is 4. The van der Waals surface area contributed by atoms with E-state index in [0.717, 1.165) is 31.2 Å². The molecule has 1 aromatic rings. The zero-order valence-corrected chi connectivity index (χ0v) is 11.9. The number of rotatable bonds is 4. The van der Waals surface area contributed by atoms with Gasteiger partial charge in [-0.2, -0.15) is 5.10 Å². The number of benzene rings is 1. The summed E-state index contributed by atoms with van der Waals surface area (Å²) in [5.41, 5.74) is 11.1. The normalized spacial score (nSPS) is 15.8. The Kier molecular flexibility index (Phi) is 5.31. The van der Waals surface area contributed by atoms with Gasteiger partial charge in [0, 0.05) is 0 Å². The van der Waals surface area contributed by atoms with E-state index in [1.165, 1.54) is 12.6 Å². The van der Waals surface area contributed by atoms with Gasteiger partial charge in [-0.15, -0.1) is 5.10 Å². The van der Waals surface area contributed by atoms with Gasteiger partial charge in [0.25, 0.3) is 0 Å². The highest BCUT2D eigenvalue weighted by Crippen LogP contribution is 2.25. The molecule has 1 aliphatic rings. The van der Waals surface area contributed by atoms with Gasteiger partial charge in [0.2, 0.25) is 5.96 Å². The highest BCUT2D eigenvalue weighted by molar-refractivity contribution is 5.82. The smallest absolute Gasteiger partial charge is 0.314 e. The molecule has 0 unspecified atom stereocenters. The summed E-state index contributed by atoms with van der Waals surface area (Å²) in [4.78, 5) is 12.0. The van der Waals surface area contributed by atoms with Gasteiger partial charge in [-0.3, -0.25) is 4.79 Å². The number of nitrogens with two attached hydrogens (primary N) is 2. The van der Waals surface area contributed by atoms with Crippen LogP contribution in [0.25, 0.3) is 0 Å². The van der Waals surface area contributed by atoms with Crippen molar-refractivity contribution in [1.29, 1.82) is 0 Å². The van der Waals surface area contributed by atoms with Crippen LogP contribution in [-0.4, -0.2) is 18.1 Å². The largest absolute Gasteiger partial charge is 0.426 e. The van der Waals surface area contributed by atoms with Crippen molar-refractivity contribution in [2.75, 3.05) is 0 Å². The van der Waals surface area contributed by atoms with Gasteiger partial charge in [0.05, 0.1) is 12.1 Å². The number of esters is 1. The molecule has 112 valence electrons. The van der Waals surface area contributed by atoms with E-state index < -0.39 is 0 Å². The minimum absolute atomic E-state index is 0.0434. The minimum Gasteiger partial charge on any atom is -0.426 e. The van der Waals surface area contributed by atoms with Crippen molar-refractivity contribution >= 4 is 18.1 Å². The maximum Gasteiger partial charge on any atom is 0.314 e. The van der Waals surface area contributed by atoms with Crippen molar-refractivity contribution in [3.8, 4) is 5.75 Å². The predicted molar refractivity (Wildman–Crippen MR) is 82.1 cm³/mol. The van der Waals surface area contributed by atoms with Gasteiger partial charge in [-0.1, -0.05) is 19.3 Å². The van der Waals surface area contributed by atoms with Crippen molar-refractivity contribution in [2.45, 2.75) is 32.1 Å². The van der Waals surface area contributed by atoms with Gasteiger partial charge >= 0.3 is 5.97 Å². The molecule has 1 aromatic carbocycles. The lowest BCUT2D eigenvalue weighted by Gasteiger charge is -2.19. The van der Waals surface area contributed by atoms with Gasteiger partial charge < -0.3 is 16.2 Å². The number of carbonyl (C=O) groups excluding carboxylic acids is 1. The third-order valence-electron chi connectivity index (χ3n) is 3.42. The summed E-state index contributed by atoms with van der Waals surface area (Å²) in [6.07, 6.45) is 6.82. The second kappa shape index (κ2) is 7.42. The fraction of sp³-hybridized carbons (Fsp3) is 0.400. The molecule has 6 heteroatoms. The Morgan fingerprint density at radius 2 is 1.81 bits per heavy atom. The maximum absolute atomic E-state index is 12.0. The highest BCUT2D eigenvalue weighted by Gasteiger charge is 2.22. The molecule has 21 heavy (non-hydrogen) atoms. The number of guanidine groups is 1. The van der Waals surface area contributed by atoms with Crippen molar-refractivity contribution in [2.24, 2.45) is 27.6 Å². The lowest BCUT2D eigenvalue weighted by molar-refractivity contribution is -0.139. The summed E-state index contributed by atoms with van der Waals surface area (Å²) in [5.74, 6) is 0.368. The molecule has 0 radical (unpaired) electrons. The molecule has 0 aromatic heterocycles. The van der Waals surface area contributed by atoms with Crippen LogP contribution in [-0.2, 0) is 4.79 Å². The summed E-state index contributed by atoms with van der Waals surface area (Å²) < 4.78 is 5.40. The Hall–Kier alpha value is -2.37. The van der Waals surface area contributed by atoms with Gasteiger partial charge in [-0.25, -0.2) is 0 Å². The number of hydrogen-bond donors (Lipinski definition) is 2. The number of nitrogens with zero attached hydrogens (tertiary/aromatic N) is 2. The monoisotopic (exact) mass is 288 g/mol. The summed E-state index contributed by atoms with van der Waals surface area (Å²) in [7, 11) is 0. The molecule has 2 rings (SSSR count). The van der Waals surface area contributed by atoms with E-state index in [0.29, 0.717) is 5.75 Å². The summed E-state index contributed by atoms with van der Waals surface area (Å²) in [6, 6.07) is 7.04. The van der Waals surface area contributed by atoms with Crippen LogP contribution >= 0.6 is 0 Å². The molecule has 0 saturated heterocycles. The summed E-state index contributed by atoms with van der Waals surface area (Å²) in [6.45, 7) is 0. The first-order valence-electron chi connectivity index (χ1n) is 7.09. The molecule has 0 aliphatic heterocycles. The van der Waals surface area contributed by atoms with Crippen LogP contribution in [0.15, 0.2) is 34.5 Å². The Morgan fingerprint density at radius 3 is 2.43 bits per heavy atom. The Morgan fingerprint density at radius 1 is 1.14 bits per heavy atom. The molecule has 6 nitrogen and oxygen atoms in total. The van der Waals surface area contributed by atoms with E-state index in [9.17, 15) is 4.79 Å². The molecule has 0 spiro atoms. The lowest BCUT2D eigenvalue weighted by atomic mass is 9.89. The van der Waals surface area contributed by atoms with Crippen LogP contribution in [0.2, 0.25) is 0 Å². The molecule has 1 fully saturated rings. The predicted octanol–water partition coefficient (Wildman–Crippen LogP) is 1.78. The fourth-order valence-corrected chi connectivity index (χ4v) is 2.32. The summed E-state index contributed by atoms with van der Waals surface area (Å²) >= 11 is 0. The summed E-state index contributed by atoms with van der Waals surface area (Å²) in [5, 5.41) is 7.22. The molecule has 0 atom stereocenters. The lowest BCUT2D eigenvalue weighted by Crippen LogP contribution is -2.22. The topological polar surface area (TPSA) is 103 Å². The Balaban J connectivity index is 1.91. The van der Waals surface area contributed by atoms with Crippen LogP contribution in [0, 0.1) is 5.92 Å². The van der Waals surface area contributed by atoms with Gasteiger partial charge in [-0.05, 0) is 42.7 Å². The quantitative estimate of drug-likeness (QED) is 0.290. The van der Waals surface area contributed by atoms with E-state index in [1.54, 1.807) is 24.3 Å². The van der Waals surface area contributed by atoms with Crippen molar-refractivity contribution in [1.82, 2.24) is 0 Å². The average Bonchev–Trinajstić information content (AvgIpc) is 2.49. The van der Waals surface area contributed by atoms with Crippen molar-refractivity contribution < 1.29 is 9.53 Å². The van der Waals surface area contributed by atoms with E-state index in [4.69, 9.17) is 16.2 Å². The van der Waals surface area contributed by atoms with Crippen LogP contribution in [0.3, 0.4) is 0 Å². The third kappa shape index (κ3) is 4.91. The molecule has 0 bridgehead atoms. The van der Waals surface area contributed by atoms with Gasteiger partial charge in [0.1, 0.15) is 5.75 Å². The van der Waals surface area contributed by atoms with Crippen LogP contribution in [0.5, 0.6) is 5.75 Å². The fourth-order valence-electron chi connectivity index (χ4n) is 2.32. The van der Waals surface area contributed by atoms with Crippen molar-refractivity contribution in [3.05, 3.63) is 29.8 Å². The maximum atomic E-state index is 12.0. The molecule has 0 heterocycles.